The fraction of sp³-hybridized carbons (Fsp3) is 0.500. The fourth-order valence-electron chi connectivity index (χ4n) is 2.69. The number of hydrogen-bond acceptors (Lipinski definition) is 4. The van der Waals surface area contributed by atoms with Gasteiger partial charge >= 0.3 is 0 Å². The first kappa shape index (κ1) is 13.3. The number of aryl methyl sites for hydroxylation is 1. The van der Waals surface area contributed by atoms with Crippen molar-refractivity contribution in [2.75, 3.05) is 13.1 Å². The molecule has 1 aliphatic heterocycles. The third-order valence-corrected chi connectivity index (χ3v) is 4.63. The van der Waals surface area contributed by atoms with Crippen LogP contribution < -0.4 is 0 Å². The number of amides is 1. The van der Waals surface area contributed by atoms with E-state index >= 15 is 0 Å². The number of hydrogen-bond donors (Lipinski definition) is 0. The number of carbonyl (C=O) groups is 1. The predicted molar refractivity (Wildman–Crippen MR) is 77.6 cm³/mol. The first-order chi connectivity index (χ1) is 9.72. The Morgan fingerprint density at radius 2 is 2.45 bits per heavy atom. The van der Waals surface area contributed by atoms with E-state index in [-0.39, 0.29) is 5.91 Å². The van der Waals surface area contributed by atoms with E-state index < -0.39 is 0 Å². The van der Waals surface area contributed by atoms with Crippen LogP contribution in [0.2, 0.25) is 0 Å². The van der Waals surface area contributed by atoms with Crippen molar-refractivity contribution in [2.24, 2.45) is 7.05 Å². The van der Waals surface area contributed by atoms with Gasteiger partial charge in [0.1, 0.15) is 0 Å². The van der Waals surface area contributed by atoms with Gasteiger partial charge in [-0.2, -0.15) is 5.10 Å². The number of likely N-dealkylation sites (tertiary alicyclic amines) is 1. The SMILES string of the molecule is Cn1cc(CC(=O)N2CCCC(c3nccs3)C2)cn1. The molecule has 0 aliphatic carbocycles. The summed E-state index contributed by atoms with van der Waals surface area (Å²) in [7, 11) is 1.87. The van der Waals surface area contributed by atoms with Crippen molar-refractivity contribution in [3.8, 4) is 0 Å². The Morgan fingerprint density at radius 3 is 3.15 bits per heavy atom. The van der Waals surface area contributed by atoms with E-state index in [0.717, 1.165) is 36.5 Å². The third-order valence-electron chi connectivity index (χ3n) is 3.69. The maximum Gasteiger partial charge on any atom is 0.227 e. The molecule has 0 N–H and O–H groups in total. The molecule has 2 aromatic heterocycles. The van der Waals surface area contributed by atoms with Gasteiger partial charge in [-0.3, -0.25) is 9.48 Å². The van der Waals surface area contributed by atoms with E-state index in [2.05, 4.69) is 10.1 Å². The summed E-state index contributed by atoms with van der Waals surface area (Å²) in [5, 5.41) is 7.27. The molecule has 3 heterocycles. The molecule has 0 aromatic carbocycles. The van der Waals surface area contributed by atoms with Crippen molar-refractivity contribution in [1.82, 2.24) is 19.7 Å². The zero-order valence-corrected chi connectivity index (χ0v) is 12.3. The molecular weight excluding hydrogens is 272 g/mol. The second-order valence-corrected chi connectivity index (χ2v) is 6.17. The van der Waals surface area contributed by atoms with Crippen LogP contribution in [0.15, 0.2) is 24.0 Å². The Morgan fingerprint density at radius 1 is 1.55 bits per heavy atom. The van der Waals surface area contributed by atoms with Crippen molar-refractivity contribution in [3.63, 3.8) is 0 Å². The summed E-state index contributed by atoms with van der Waals surface area (Å²) in [4.78, 5) is 18.7. The van der Waals surface area contributed by atoms with Gasteiger partial charge in [0.05, 0.1) is 17.6 Å². The van der Waals surface area contributed by atoms with Gasteiger partial charge in [0.25, 0.3) is 0 Å². The molecule has 0 spiro atoms. The lowest BCUT2D eigenvalue weighted by Gasteiger charge is -2.31. The highest BCUT2D eigenvalue weighted by Crippen LogP contribution is 2.28. The molecule has 106 valence electrons. The Hall–Kier alpha value is -1.69. The van der Waals surface area contributed by atoms with Crippen LogP contribution in [-0.2, 0) is 18.3 Å². The first-order valence-electron chi connectivity index (χ1n) is 6.87. The van der Waals surface area contributed by atoms with Crippen LogP contribution >= 0.6 is 11.3 Å². The molecule has 2 aromatic rings. The van der Waals surface area contributed by atoms with Crippen LogP contribution in [0.25, 0.3) is 0 Å². The van der Waals surface area contributed by atoms with Crippen molar-refractivity contribution in [1.29, 1.82) is 0 Å². The van der Waals surface area contributed by atoms with E-state index in [1.807, 2.05) is 29.7 Å². The van der Waals surface area contributed by atoms with E-state index in [0.29, 0.717) is 12.3 Å². The molecule has 1 unspecified atom stereocenters. The van der Waals surface area contributed by atoms with Crippen molar-refractivity contribution in [3.05, 3.63) is 34.5 Å². The smallest absolute Gasteiger partial charge is 0.227 e. The Labute approximate surface area is 122 Å². The standard InChI is InChI=1S/C14H18N4OS/c1-17-9-11(8-16-17)7-13(19)18-5-2-3-12(10-18)14-15-4-6-20-14/h4,6,8-9,12H,2-3,5,7,10H2,1H3. The second-order valence-electron chi connectivity index (χ2n) is 5.25. The summed E-state index contributed by atoms with van der Waals surface area (Å²) in [5.41, 5.74) is 0.980. The molecule has 6 heteroatoms. The highest BCUT2D eigenvalue weighted by Gasteiger charge is 2.26. The third kappa shape index (κ3) is 2.90. The minimum absolute atomic E-state index is 0.194. The Balaban J connectivity index is 1.63. The van der Waals surface area contributed by atoms with E-state index in [1.54, 1.807) is 22.2 Å². The molecule has 1 amide bonds. The average Bonchev–Trinajstić information content (AvgIpc) is 3.11. The van der Waals surface area contributed by atoms with Gasteiger partial charge in [0, 0.05) is 43.8 Å². The van der Waals surface area contributed by atoms with Gasteiger partial charge in [0.2, 0.25) is 5.91 Å². The summed E-state index contributed by atoms with van der Waals surface area (Å²) in [6.07, 6.45) is 8.14. The molecule has 0 radical (unpaired) electrons. The monoisotopic (exact) mass is 290 g/mol. The summed E-state index contributed by atoms with van der Waals surface area (Å²) >= 11 is 1.69. The molecule has 0 saturated carbocycles. The van der Waals surface area contributed by atoms with Crippen LogP contribution in [0.3, 0.4) is 0 Å². The van der Waals surface area contributed by atoms with Gasteiger partial charge in [-0.25, -0.2) is 4.98 Å². The molecule has 5 nitrogen and oxygen atoms in total. The second kappa shape index (κ2) is 5.75. The van der Waals surface area contributed by atoms with Crippen LogP contribution in [-0.4, -0.2) is 38.7 Å². The summed E-state index contributed by atoms with van der Waals surface area (Å²) in [5.74, 6) is 0.598. The number of aromatic nitrogens is 3. The highest BCUT2D eigenvalue weighted by atomic mass is 32.1. The molecule has 1 atom stereocenters. The highest BCUT2D eigenvalue weighted by molar-refractivity contribution is 7.09. The van der Waals surface area contributed by atoms with Crippen LogP contribution in [0.1, 0.15) is 29.3 Å². The molecule has 0 bridgehead atoms. The summed E-state index contributed by atoms with van der Waals surface area (Å²) in [6, 6.07) is 0. The Bertz CT molecular complexity index is 578. The largest absolute Gasteiger partial charge is 0.342 e. The van der Waals surface area contributed by atoms with Crippen molar-refractivity contribution >= 4 is 17.2 Å². The van der Waals surface area contributed by atoms with E-state index in [1.165, 1.54) is 0 Å². The molecule has 1 fully saturated rings. The zero-order valence-electron chi connectivity index (χ0n) is 11.5. The predicted octanol–water partition coefficient (Wildman–Crippen LogP) is 1.83. The molecule has 20 heavy (non-hydrogen) atoms. The maximum atomic E-state index is 12.4. The molecule has 1 saturated heterocycles. The lowest BCUT2D eigenvalue weighted by atomic mass is 9.98. The topological polar surface area (TPSA) is 51.0 Å². The van der Waals surface area contributed by atoms with E-state index in [9.17, 15) is 4.79 Å². The molecule has 1 aliphatic rings. The lowest BCUT2D eigenvalue weighted by Crippen LogP contribution is -2.39. The quantitative estimate of drug-likeness (QED) is 0.866. The van der Waals surface area contributed by atoms with Crippen LogP contribution in [0.4, 0.5) is 0 Å². The molecular formula is C14H18N4OS. The number of piperidine rings is 1. The number of thiazole rings is 1. The number of rotatable bonds is 3. The fourth-order valence-corrected chi connectivity index (χ4v) is 3.46. The van der Waals surface area contributed by atoms with Gasteiger partial charge < -0.3 is 4.90 Å². The van der Waals surface area contributed by atoms with Gasteiger partial charge in [0.15, 0.2) is 0 Å². The Kier molecular flexibility index (Phi) is 3.82. The average molecular weight is 290 g/mol. The zero-order chi connectivity index (χ0) is 13.9. The van der Waals surface area contributed by atoms with Gasteiger partial charge in [-0.1, -0.05) is 0 Å². The lowest BCUT2D eigenvalue weighted by molar-refractivity contribution is -0.131. The minimum atomic E-state index is 0.194. The maximum absolute atomic E-state index is 12.4. The van der Waals surface area contributed by atoms with Crippen LogP contribution in [0.5, 0.6) is 0 Å². The van der Waals surface area contributed by atoms with E-state index in [4.69, 9.17) is 0 Å². The number of carbonyl (C=O) groups excluding carboxylic acids is 1. The minimum Gasteiger partial charge on any atom is -0.342 e. The van der Waals surface area contributed by atoms with Crippen LogP contribution in [0, 0.1) is 0 Å². The van der Waals surface area contributed by atoms with Crippen molar-refractivity contribution < 1.29 is 4.79 Å². The molecule has 3 rings (SSSR count). The normalized spacial score (nSPS) is 19.2. The van der Waals surface area contributed by atoms with Gasteiger partial charge in [-0.05, 0) is 18.4 Å². The summed E-state index contributed by atoms with van der Waals surface area (Å²) in [6.45, 7) is 1.66. The summed E-state index contributed by atoms with van der Waals surface area (Å²) < 4.78 is 1.73. The first-order valence-corrected chi connectivity index (χ1v) is 7.75. The number of nitrogens with zero attached hydrogens (tertiary/aromatic N) is 4. The van der Waals surface area contributed by atoms with Crippen molar-refractivity contribution in [2.45, 2.75) is 25.2 Å². The van der Waals surface area contributed by atoms with Gasteiger partial charge in [-0.15, -0.1) is 11.3 Å².